The van der Waals surface area contributed by atoms with Crippen molar-refractivity contribution in [1.82, 2.24) is 14.8 Å². The van der Waals surface area contributed by atoms with Gasteiger partial charge in [-0.25, -0.2) is 4.68 Å². The monoisotopic (exact) mass is 358 g/mol. The summed E-state index contributed by atoms with van der Waals surface area (Å²) in [4.78, 5) is 29.6. The normalized spacial score (nSPS) is 19.2. The van der Waals surface area contributed by atoms with E-state index in [2.05, 4.69) is 10.1 Å². The summed E-state index contributed by atoms with van der Waals surface area (Å²) < 4.78 is 1.59. The number of ketones is 1. The molecule has 0 unspecified atom stereocenters. The first-order valence-corrected chi connectivity index (χ1v) is 8.44. The molecule has 7 heteroatoms. The highest BCUT2D eigenvalue weighted by Gasteiger charge is 2.29. The van der Waals surface area contributed by atoms with Crippen LogP contribution in [0.2, 0.25) is 5.15 Å². The summed E-state index contributed by atoms with van der Waals surface area (Å²) in [5.74, 6) is -0.0348. The van der Waals surface area contributed by atoms with Crippen molar-refractivity contribution in [2.75, 3.05) is 11.9 Å². The summed E-state index contributed by atoms with van der Waals surface area (Å²) in [7, 11) is 1.69. The van der Waals surface area contributed by atoms with Crippen molar-refractivity contribution in [2.24, 2.45) is 11.8 Å². The van der Waals surface area contributed by atoms with Gasteiger partial charge in [-0.3, -0.25) is 9.78 Å². The molecule has 25 heavy (non-hydrogen) atoms. The largest absolute Gasteiger partial charge is 0.311 e. The molecule has 0 aliphatic heterocycles. The molecule has 130 valence electrons. The lowest BCUT2D eigenvalue weighted by atomic mass is 9.98. The van der Waals surface area contributed by atoms with Crippen LogP contribution < -0.4 is 4.90 Å². The number of Topliss-reactive ketones (excluding diaryl/α,β-unsaturated/α-hetero) is 1. The molecule has 1 amide bonds. The van der Waals surface area contributed by atoms with Crippen LogP contribution in [0.15, 0.2) is 42.9 Å². The van der Waals surface area contributed by atoms with Gasteiger partial charge in [-0.05, 0) is 31.4 Å². The number of nitrogens with zero attached hydrogens (tertiary/aromatic N) is 4. The highest BCUT2D eigenvalue weighted by atomic mass is 35.5. The maximum absolute atomic E-state index is 12.8. The Kier molecular flexibility index (Phi) is 4.99. The molecular weight excluding hydrogens is 340 g/mol. The van der Waals surface area contributed by atoms with Crippen LogP contribution in [0.5, 0.6) is 0 Å². The number of amides is 1. The smallest absolute Gasteiger partial charge is 0.233 e. The third-order valence-corrected chi connectivity index (χ3v) is 4.56. The maximum Gasteiger partial charge on any atom is 0.233 e. The SMILES string of the molecule is CC(=O)C[C@@H]1C=C[C@H](C(=O)N(C)c2cn(-c3cccnc3)nc2Cl)C1. The highest BCUT2D eigenvalue weighted by Crippen LogP contribution is 2.31. The Labute approximate surface area is 151 Å². The number of pyridine rings is 1. The number of hydrogen-bond donors (Lipinski definition) is 0. The molecule has 0 saturated carbocycles. The Hall–Kier alpha value is -2.47. The van der Waals surface area contributed by atoms with Gasteiger partial charge >= 0.3 is 0 Å². The van der Waals surface area contributed by atoms with Gasteiger partial charge in [0.25, 0.3) is 0 Å². The first-order chi connectivity index (χ1) is 12.0. The minimum atomic E-state index is -0.243. The van der Waals surface area contributed by atoms with Crippen LogP contribution in [0.4, 0.5) is 5.69 Å². The Balaban J connectivity index is 1.74. The van der Waals surface area contributed by atoms with Crippen LogP contribution in [0.1, 0.15) is 19.8 Å². The molecule has 2 heterocycles. The van der Waals surface area contributed by atoms with E-state index in [0.717, 1.165) is 5.69 Å². The van der Waals surface area contributed by atoms with Gasteiger partial charge in [0.15, 0.2) is 5.15 Å². The topological polar surface area (TPSA) is 68.1 Å². The van der Waals surface area contributed by atoms with Crippen molar-refractivity contribution in [3.63, 3.8) is 0 Å². The van der Waals surface area contributed by atoms with E-state index in [-0.39, 0.29) is 28.7 Å². The Morgan fingerprint density at radius 1 is 1.40 bits per heavy atom. The molecule has 0 radical (unpaired) electrons. The van der Waals surface area contributed by atoms with Crippen LogP contribution in [0.25, 0.3) is 5.69 Å². The summed E-state index contributed by atoms with van der Waals surface area (Å²) >= 11 is 6.23. The average molecular weight is 359 g/mol. The average Bonchev–Trinajstić information content (AvgIpc) is 3.20. The number of carbonyl (C=O) groups excluding carboxylic acids is 2. The summed E-state index contributed by atoms with van der Waals surface area (Å²) in [5, 5.41) is 4.50. The maximum atomic E-state index is 12.8. The van der Waals surface area contributed by atoms with Gasteiger partial charge in [-0.2, -0.15) is 5.10 Å². The van der Waals surface area contributed by atoms with E-state index < -0.39 is 0 Å². The second-order valence-electron chi connectivity index (χ2n) is 6.25. The van der Waals surface area contributed by atoms with Gasteiger partial charge < -0.3 is 9.69 Å². The van der Waals surface area contributed by atoms with E-state index in [9.17, 15) is 9.59 Å². The molecule has 0 spiro atoms. The van der Waals surface area contributed by atoms with Gasteiger partial charge in [0.1, 0.15) is 11.5 Å². The number of allylic oxidation sites excluding steroid dienone is 1. The van der Waals surface area contributed by atoms with Gasteiger partial charge in [0.2, 0.25) is 5.91 Å². The molecule has 2 aromatic rings. The summed E-state index contributed by atoms with van der Waals surface area (Å²) in [6, 6.07) is 3.66. The van der Waals surface area contributed by atoms with E-state index in [1.165, 1.54) is 4.90 Å². The third kappa shape index (κ3) is 3.79. The lowest BCUT2D eigenvalue weighted by molar-refractivity contribution is -0.121. The van der Waals surface area contributed by atoms with Crippen molar-refractivity contribution < 1.29 is 9.59 Å². The van der Waals surface area contributed by atoms with Crippen LogP contribution in [-0.2, 0) is 9.59 Å². The number of anilines is 1. The molecule has 0 fully saturated rings. The zero-order valence-electron chi connectivity index (χ0n) is 14.1. The van der Waals surface area contributed by atoms with Crippen molar-refractivity contribution in [1.29, 1.82) is 0 Å². The fourth-order valence-electron chi connectivity index (χ4n) is 3.04. The zero-order valence-corrected chi connectivity index (χ0v) is 14.8. The minimum absolute atomic E-state index is 0.0602. The second-order valence-corrected chi connectivity index (χ2v) is 6.61. The highest BCUT2D eigenvalue weighted by molar-refractivity contribution is 6.32. The number of hydrogen-bond acceptors (Lipinski definition) is 4. The summed E-state index contributed by atoms with van der Waals surface area (Å²) in [6.07, 6.45) is 10.0. The first-order valence-electron chi connectivity index (χ1n) is 8.06. The molecule has 0 aromatic carbocycles. The second kappa shape index (κ2) is 7.19. The van der Waals surface area contributed by atoms with Gasteiger partial charge in [-0.1, -0.05) is 23.8 Å². The molecule has 1 aliphatic carbocycles. The molecule has 0 N–H and O–H groups in total. The number of halogens is 1. The predicted molar refractivity (Wildman–Crippen MR) is 95.8 cm³/mol. The molecule has 0 bridgehead atoms. The van der Waals surface area contributed by atoms with Crippen molar-refractivity contribution in [3.05, 3.63) is 48.0 Å². The fourth-order valence-corrected chi connectivity index (χ4v) is 3.29. The Morgan fingerprint density at radius 3 is 2.88 bits per heavy atom. The van der Waals surface area contributed by atoms with Crippen LogP contribution in [0, 0.1) is 11.8 Å². The lowest BCUT2D eigenvalue weighted by Gasteiger charge is -2.19. The van der Waals surface area contributed by atoms with E-state index in [0.29, 0.717) is 18.5 Å². The third-order valence-electron chi connectivity index (χ3n) is 4.29. The molecular formula is C18H19ClN4O2. The van der Waals surface area contributed by atoms with E-state index in [1.54, 1.807) is 43.3 Å². The number of carbonyl (C=O) groups is 2. The zero-order chi connectivity index (χ0) is 18.0. The molecule has 0 saturated heterocycles. The Bertz CT molecular complexity index is 816. The van der Waals surface area contributed by atoms with E-state index >= 15 is 0 Å². The number of aromatic nitrogens is 3. The number of rotatable bonds is 5. The van der Waals surface area contributed by atoms with Crippen molar-refractivity contribution >= 4 is 29.0 Å². The van der Waals surface area contributed by atoms with Crippen molar-refractivity contribution in [3.8, 4) is 5.69 Å². The lowest BCUT2D eigenvalue weighted by Crippen LogP contribution is -2.31. The van der Waals surface area contributed by atoms with E-state index in [4.69, 9.17) is 11.6 Å². The van der Waals surface area contributed by atoms with Gasteiger partial charge in [0, 0.05) is 19.7 Å². The molecule has 6 nitrogen and oxygen atoms in total. The van der Waals surface area contributed by atoms with Gasteiger partial charge in [-0.15, -0.1) is 0 Å². The molecule has 2 aromatic heterocycles. The van der Waals surface area contributed by atoms with Crippen LogP contribution in [0.3, 0.4) is 0 Å². The minimum Gasteiger partial charge on any atom is -0.311 e. The standard InChI is InChI=1S/C18H19ClN4O2/c1-12(24)8-13-5-6-14(9-13)18(25)22(2)16-11-23(21-17(16)19)15-4-3-7-20-10-15/h3-7,10-11,13-14H,8-9H2,1-2H3/t13-,14-/m0/s1. The first kappa shape index (κ1) is 17.4. The predicted octanol–water partition coefficient (Wildman–Crippen LogP) is 3.05. The summed E-state index contributed by atoms with van der Waals surface area (Å²) in [5.41, 5.74) is 1.30. The molecule has 3 rings (SSSR count). The Morgan fingerprint density at radius 2 is 2.20 bits per heavy atom. The summed E-state index contributed by atoms with van der Waals surface area (Å²) in [6.45, 7) is 1.57. The van der Waals surface area contributed by atoms with E-state index in [1.807, 2.05) is 18.2 Å². The van der Waals surface area contributed by atoms with Gasteiger partial charge in [0.05, 0.1) is 24.0 Å². The quantitative estimate of drug-likeness (QED) is 0.770. The van der Waals surface area contributed by atoms with Crippen LogP contribution >= 0.6 is 11.6 Å². The fraction of sp³-hybridized carbons (Fsp3) is 0.333. The van der Waals surface area contributed by atoms with Crippen LogP contribution in [-0.4, -0.2) is 33.5 Å². The van der Waals surface area contributed by atoms with Crippen molar-refractivity contribution in [2.45, 2.75) is 19.8 Å². The molecule has 1 aliphatic rings. The molecule has 2 atom stereocenters.